The van der Waals surface area contributed by atoms with Crippen LogP contribution in [0.25, 0.3) is 0 Å². The Morgan fingerprint density at radius 2 is 1.88 bits per heavy atom. The molecule has 0 bridgehead atoms. The zero-order valence-corrected chi connectivity index (χ0v) is 14.4. The summed E-state index contributed by atoms with van der Waals surface area (Å²) in [7, 11) is 0. The second-order valence-electron chi connectivity index (χ2n) is 6.32. The Hall–Kier alpha value is -1.76. The molecular formula is C18H25F3N2O2. The Morgan fingerprint density at radius 1 is 1.24 bits per heavy atom. The van der Waals surface area contributed by atoms with E-state index in [1.54, 1.807) is 12.1 Å². The molecule has 1 fully saturated rings. The predicted octanol–water partition coefficient (Wildman–Crippen LogP) is 3.37. The first kappa shape index (κ1) is 19.6. The van der Waals surface area contributed by atoms with Gasteiger partial charge in [-0.3, -0.25) is 4.79 Å². The summed E-state index contributed by atoms with van der Waals surface area (Å²) < 4.78 is 40.2. The summed E-state index contributed by atoms with van der Waals surface area (Å²) >= 11 is 0. The fourth-order valence-corrected chi connectivity index (χ4v) is 3.00. The summed E-state index contributed by atoms with van der Waals surface area (Å²) in [6.07, 6.45) is -1.76. The van der Waals surface area contributed by atoms with Crippen molar-refractivity contribution in [1.82, 2.24) is 10.2 Å². The van der Waals surface area contributed by atoms with Crippen molar-refractivity contribution >= 4 is 5.91 Å². The molecule has 25 heavy (non-hydrogen) atoms. The van der Waals surface area contributed by atoms with E-state index in [0.29, 0.717) is 18.8 Å². The molecule has 1 amide bonds. The Kier molecular flexibility index (Phi) is 7.11. The number of piperidine rings is 1. The molecule has 1 aliphatic heterocycles. The van der Waals surface area contributed by atoms with E-state index in [1.165, 1.54) is 12.1 Å². The number of hydrogen-bond acceptors (Lipinski definition) is 3. The predicted molar refractivity (Wildman–Crippen MR) is 89.3 cm³/mol. The van der Waals surface area contributed by atoms with Crippen molar-refractivity contribution < 1.29 is 22.7 Å². The second kappa shape index (κ2) is 9.08. The highest BCUT2D eigenvalue weighted by Gasteiger charge is 2.31. The molecule has 1 heterocycles. The van der Waals surface area contributed by atoms with Crippen LogP contribution in [0, 0.1) is 5.92 Å². The number of alkyl halides is 3. The van der Waals surface area contributed by atoms with Gasteiger partial charge in [0.15, 0.2) is 0 Å². The van der Waals surface area contributed by atoms with Crippen LogP contribution in [0.15, 0.2) is 24.3 Å². The van der Waals surface area contributed by atoms with Crippen LogP contribution in [0.2, 0.25) is 0 Å². The molecule has 1 N–H and O–H groups in total. The molecule has 0 saturated carbocycles. The van der Waals surface area contributed by atoms with Gasteiger partial charge in [0.25, 0.3) is 0 Å². The molecule has 0 spiro atoms. The molecule has 0 atom stereocenters. The molecule has 0 aliphatic carbocycles. The fraction of sp³-hybridized carbons (Fsp3) is 0.611. The molecule has 1 saturated heterocycles. The van der Waals surface area contributed by atoms with Crippen LogP contribution in [0.3, 0.4) is 0 Å². The van der Waals surface area contributed by atoms with E-state index in [-0.39, 0.29) is 11.7 Å². The van der Waals surface area contributed by atoms with Crippen molar-refractivity contribution in [2.24, 2.45) is 5.92 Å². The highest BCUT2D eigenvalue weighted by atomic mass is 19.4. The van der Waals surface area contributed by atoms with E-state index < -0.39 is 6.36 Å². The molecule has 7 heteroatoms. The maximum atomic E-state index is 12.3. The van der Waals surface area contributed by atoms with Crippen LogP contribution in [-0.2, 0) is 11.2 Å². The number of aryl methyl sites for hydroxylation is 1. The van der Waals surface area contributed by atoms with Gasteiger partial charge in [-0.25, -0.2) is 0 Å². The van der Waals surface area contributed by atoms with Crippen LogP contribution in [-0.4, -0.2) is 43.3 Å². The van der Waals surface area contributed by atoms with Crippen molar-refractivity contribution in [3.8, 4) is 5.75 Å². The summed E-state index contributed by atoms with van der Waals surface area (Å²) in [6, 6.07) is 5.69. The number of amides is 1. The van der Waals surface area contributed by atoms with Crippen molar-refractivity contribution in [2.75, 3.05) is 26.2 Å². The van der Waals surface area contributed by atoms with E-state index in [9.17, 15) is 18.0 Å². The minimum atomic E-state index is -4.68. The van der Waals surface area contributed by atoms with Gasteiger partial charge in [-0.15, -0.1) is 13.2 Å². The zero-order valence-electron chi connectivity index (χ0n) is 14.4. The monoisotopic (exact) mass is 358 g/mol. The lowest BCUT2D eigenvalue weighted by molar-refractivity contribution is -0.274. The SMILES string of the molecule is CCNCC1CCN(C(=O)CCc2ccc(OC(F)(F)F)cc2)CC1. The van der Waals surface area contributed by atoms with Gasteiger partial charge >= 0.3 is 6.36 Å². The largest absolute Gasteiger partial charge is 0.573 e. The number of hydrogen-bond donors (Lipinski definition) is 1. The van der Waals surface area contributed by atoms with Crippen molar-refractivity contribution in [3.63, 3.8) is 0 Å². The number of ether oxygens (including phenoxy) is 1. The van der Waals surface area contributed by atoms with Gasteiger partial charge in [0.2, 0.25) is 5.91 Å². The number of nitrogens with one attached hydrogen (secondary N) is 1. The first-order valence-corrected chi connectivity index (χ1v) is 8.70. The molecule has 1 aromatic carbocycles. The molecule has 1 aromatic rings. The van der Waals surface area contributed by atoms with Gasteiger partial charge in [-0.1, -0.05) is 19.1 Å². The number of likely N-dealkylation sites (tertiary alicyclic amines) is 1. The van der Waals surface area contributed by atoms with Crippen molar-refractivity contribution in [2.45, 2.75) is 39.0 Å². The fourth-order valence-electron chi connectivity index (χ4n) is 3.00. The summed E-state index contributed by atoms with van der Waals surface area (Å²) in [6.45, 7) is 5.62. The molecule has 0 aromatic heterocycles. The highest BCUT2D eigenvalue weighted by Crippen LogP contribution is 2.23. The van der Waals surface area contributed by atoms with E-state index in [1.807, 2.05) is 4.90 Å². The lowest BCUT2D eigenvalue weighted by atomic mass is 9.96. The molecule has 4 nitrogen and oxygen atoms in total. The highest BCUT2D eigenvalue weighted by molar-refractivity contribution is 5.76. The third-order valence-corrected chi connectivity index (χ3v) is 4.43. The Labute approximate surface area is 146 Å². The average molecular weight is 358 g/mol. The second-order valence-corrected chi connectivity index (χ2v) is 6.32. The van der Waals surface area contributed by atoms with Gasteiger partial charge in [0.1, 0.15) is 5.75 Å². The van der Waals surface area contributed by atoms with Crippen LogP contribution < -0.4 is 10.1 Å². The van der Waals surface area contributed by atoms with Gasteiger partial charge in [-0.2, -0.15) is 0 Å². The van der Waals surface area contributed by atoms with Crippen molar-refractivity contribution in [1.29, 1.82) is 0 Å². The molecule has 0 radical (unpaired) electrons. The lowest BCUT2D eigenvalue weighted by Gasteiger charge is -2.32. The van der Waals surface area contributed by atoms with Gasteiger partial charge in [0, 0.05) is 19.5 Å². The maximum absolute atomic E-state index is 12.3. The van der Waals surface area contributed by atoms with Crippen LogP contribution in [0.1, 0.15) is 31.7 Å². The third kappa shape index (κ3) is 6.94. The Bertz CT molecular complexity index is 538. The van der Waals surface area contributed by atoms with Crippen molar-refractivity contribution in [3.05, 3.63) is 29.8 Å². The van der Waals surface area contributed by atoms with Gasteiger partial charge < -0.3 is 15.0 Å². The number of benzene rings is 1. The molecule has 140 valence electrons. The van der Waals surface area contributed by atoms with E-state index >= 15 is 0 Å². The number of carbonyl (C=O) groups excluding carboxylic acids is 1. The standard InChI is InChI=1S/C18H25F3N2O2/c1-2-22-13-15-9-11-23(12-10-15)17(24)8-5-14-3-6-16(7-4-14)25-18(19,20)21/h3-4,6-7,15,22H,2,5,8-13H2,1H3. The first-order valence-electron chi connectivity index (χ1n) is 8.70. The molecule has 1 aliphatic rings. The molecular weight excluding hydrogens is 333 g/mol. The van der Waals surface area contributed by atoms with E-state index in [0.717, 1.165) is 44.6 Å². The number of carbonyl (C=O) groups is 1. The van der Waals surface area contributed by atoms with Gasteiger partial charge in [0.05, 0.1) is 0 Å². The topological polar surface area (TPSA) is 41.6 Å². The van der Waals surface area contributed by atoms with Crippen LogP contribution >= 0.6 is 0 Å². The summed E-state index contributed by atoms with van der Waals surface area (Å²) in [4.78, 5) is 14.2. The summed E-state index contributed by atoms with van der Waals surface area (Å²) in [5, 5.41) is 3.34. The normalized spacial score (nSPS) is 16.1. The lowest BCUT2D eigenvalue weighted by Crippen LogP contribution is -2.40. The maximum Gasteiger partial charge on any atom is 0.573 e. The zero-order chi connectivity index (χ0) is 18.3. The van der Waals surface area contributed by atoms with Crippen LogP contribution in [0.5, 0.6) is 5.75 Å². The Morgan fingerprint density at radius 3 is 2.44 bits per heavy atom. The average Bonchev–Trinajstić information content (AvgIpc) is 2.58. The molecule has 2 rings (SSSR count). The van der Waals surface area contributed by atoms with E-state index in [2.05, 4.69) is 17.0 Å². The minimum Gasteiger partial charge on any atom is -0.406 e. The first-order chi connectivity index (χ1) is 11.9. The number of halogens is 3. The molecule has 0 unspecified atom stereocenters. The number of rotatable bonds is 7. The van der Waals surface area contributed by atoms with E-state index in [4.69, 9.17) is 0 Å². The summed E-state index contributed by atoms with van der Waals surface area (Å²) in [5.74, 6) is 0.494. The van der Waals surface area contributed by atoms with Gasteiger partial charge in [-0.05, 0) is 56.0 Å². The Balaban J connectivity index is 1.73. The third-order valence-electron chi connectivity index (χ3n) is 4.43. The quantitative estimate of drug-likeness (QED) is 0.813. The van der Waals surface area contributed by atoms with Crippen LogP contribution in [0.4, 0.5) is 13.2 Å². The smallest absolute Gasteiger partial charge is 0.406 e. The minimum absolute atomic E-state index is 0.109. The summed E-state index contributed by atoms with van der Waals surface area (Å²) in [5.41, 5.74) is 0.824. The number of nitrogens with zero attached hydrogens (tertiary/aromatic N) is 1.